The Morgan fingerprint density at radius 2 is 0.444 bits per heavy atom. The van der Waals surface area contributed by atoms with E-state index in [0.717, 1.165) is 5.08 Å². The van der Waals surface area contributed by atoms with Gasteiger partial charge in [-0.3, -0.25) is 0 Å². The minimum atomic E-state index is 0.964. The van der Waals surface area contributed by atoms with Gasteiger partial charge >= 0.3 is 0 Å². The lowest BCUT2D eigenvalue weighted by molar-refractivity contribution is 1.69. The zero-order chi connectivity index (χ0) is 43.2. The van der Waals surface area contributed by atoms with Gasteiger partial charge in [0.2, 0.25) is 0 Å². The number of hydrogen-bond donors (Lipinski definition) is 0. The van der Waals surface area contributed by atoms with E-state index in [0.29, 0.717) is 0 Å². The highest BCUT2D eigenvalue weighted by Gasteiger charge is 2.29. The van der Waals surface area contributed by atoms with Crippen LogP contribution >= 0.6 is 188 Å². The maximum atomic E-state index is 2.35. The van der Waals surface area contributed by atoms with E-state index in [1.165, 1.54) is 115 Å². The van der Waals surface area contributed by atoms with Crippen molar-refractivity contribution in [1.29, 1.82) is 0 Å². The van der Waals surface area contributed by atoms with E-state index in [-0.39, 0.29) is 0 Å². The van der Waals surface area contributed by atoms with E-state index in [4.69, 9.17) is 0 Å². The topological polar surface area (TPSA) is 0 Å². The highest BCUT2D eigenvalue weighted by Crippen LogP contribution is 2.62. The Balaban J connectivity index is 0.979. The molecule has 63 heavy (non-hydrogen) atoms. The molecule has 320 valence electrons. The van der Waals surface area contributed by atoms with E-state index in [1.54, 1.807) is 0 Å². The van der Waals surface area contributed by atoms with E-state index in [9.17, 15) is 0 Å². The van der Waals surface area contributed by atoms with Crippen molar-refractivity contribution in [2.45, 2.75) is 0 Å². The second-order valence-corrected chi connectivity index (χ2v) is 32.1. The maximum Gasteiger partial charge on any atom is 0.0668 e. The van der Waals surface area contributed by atoms with Crippen LogP contribution in [0.3, 0.4) is 0 Å². The summed E-state index contributed by atoms with van der Waals surface area (Å²) in [4.78, 5) is 0. The SMILES string of the molecule is CSC1=C(SC)SC(=c2c3ccccc3c(=C3SC(SC)=C(SCSC4=C(SC)SC(=c5c6ccccc6c(=C6SC(SC)=C(SC)S6)c6ccccc56)S4)S3)c3ccccc23)S1. The average molecular weight is 1110 g/mol. The van der Waals surface area contributed by atoms with E-state index in [1.807, 2.05) is 188 Å². The zero-order valence-corrected chi connectivity index (χ0v) is 47.5. The van der Waals surface area contributed by atoms with Crippen LogP contribution < -0.4 is 20.9 Å². The Hall–Kier alpha value is 0.400. The molecule has 16 heteroatoms. The molecule has 0 saturated heterocycles. The molecule has 10 rings (SSSR count). The summed E-state index contributed by atoms with van der Waals surface area (Å²) < 4.78 is 16.9. The Kier molecular flexibility index (Phi) is 15.8. The molecule has 0 aliphatic carbocycles. The third-order valence-corrected chi connectivity index (χ3v) is 31.7. The summed E-state index contributed by atoms with van der Waals surface area (Å²) in [6, 6.07) is 36.5. The quantitative estimate of drug-likeness (QED) is 0.0943. The molecular formula is C47H36S16. The van der Waals surface area contributed by atoms with Crippen LogP contribution in [0, 0.1) is 0 Å². The summed E-state index contributed by atoms with van der Waals surface area (Å²) >= 11 is 31.0. The first-order chi connectivity index (χ1) is 31.0. The first-order valence-corrected chi connectivity index (χ1v) is 35.1. The third-order valence-electron chi connectivity index (χ3n) is 10.3. The number of rotatable bonds is 10. The molecule has 0 aromatic heterocycles. The molecular weight excluding hydrogens is 1080 g/mol. The number of benzene rings is 6. The molecule has 0 spiro atoms. The van der Waals surface area contributed by atoms with Gasteiger partial charge < -0.3 is 0 Å². The van der Waals surface area contributed by atoms with Crippen LogP contribution in [-0.2, 0) is 0 Å². The lowest BCUT2D eigenvalue weighted by Gasteiger charge is -2.11. The van der Waals surface area contributed by atoms with Gasteiger partial charge in [0.25, 0.3) is 0 Å². The Bertz CT molecular complexity index is 2910. The van der Waals surface area contributed by atoms with Crippen molar-refractivity contribution in [1.82, 2.24) is 0 Å². The Labute approximate surface area is 437 Å². The molecule has 0 nitrogen and oxygen atoms in total. The molecule has 0 bridgehead atoms. The molecule has 0 radical (unpaired) electrons. The molecule has 6 aromatic carbocycles. The van der Waals surface area contributed by atoms with Crippen molar-refractivity contribution < 1.29 is 0 Å². The summed E-state index contributed by atoms with van der Waals surface area (Å²) in [6.45, 7) is 0. The van der Waals surface area contributed by atoms with Crippen LogP contribution in [0.4, 0.5) is 0 Å². The molecule has 0 saturated carbocycles. The van der Waals surface area contributed by atoms with Gasteiger partial charge in [0.1, 0.15) is 0 Å². The lowest BCUT2D eigenvalue weighted by atomic mass is 9.99. The van der Waals surface area contributed by atoms with E-state index in [2.05, 4.69) is 135 Å². The largest absolute Gasteiger partial charge is 0.121 e. The lowest BCUT2D eigenvalue weighted by Crippen LogP contribution is -2.16. The van der Waals surface area contributed by atoms with E-state index >= 15 is 0 Å². The second-order valence-electron chi connectivity index (χ2n) is 13.6. The molecule has 0 fully saturated rings. The van der Waals surface area contributed by atoms with Crippen molar-refractivity contribution in [2.24, 2.45) is 0 Å². The van der Waals surface area contributed by atoms with Gasteiger partial charge in [0, 0.05) is 26.0 Å². The van der Waals surface area contributed by atoms with Gasteiger partial charge in [-0.2, -0.15) is 0 Å². The van der Waals surface area contributed by atoms with Gasteiger partial charge in [-0.1, -0.05) is 191 Å². The fourth-order valence-electron chi connectivity index (χ4n) is 7.70. The molecule has 0 N–H and O–H groups in total. The van der Waals surface area contributed by atoms with Crippen molar-refractivity contribution >= 4 is 248 Å². The first kappa shape index (κ1) is 47.1. The number of fused-ring (bicyclic) bond motifs is 4. The Morgan fingerprint density at radius 1 is 0.270 bits per heavy atom. The fourth-order valence-corrected chi connectivity index (χ4v) is 29.6. The summed E-state index contributed by atoms with van der Waals surface area (Å²) in [5.41, 5.74) is 0. The van der Waals surface area contributed by atoms with Crippen LogP contribution in [0.2, 0.25) is 0 Å². The molecule has 4 aliphatic heterocycles. The average Bonchev–Trinajstić information content (AvgIpc) is 4.14. The van der Waals surface area contributed by atoms with Gasteiger partial charge in [0.05, 0.1) is 50.8 Å². The highest BCUT2D eigenvalue weighted by atomic mass is 32.3. The minimum absolute atomic E-state index is 0.964. The Morgan fingerprint density at radius 3 is 0.635 bits per heavy atom. The van der Waals surface area contributed by atoms with Crippen molar-refractivity contribution in [3.8, 4) is 0 Å². The molecule has 0 unspecified atom stereocenters. The summed E-state index contributed by atoms with van der Waals surface area (Å²) in [5.74, 6) is 0. The van der Waals surface area contributed by atoms with Crippen LogP contribution in [0.15, 0.2) is 131 Å². The van der Waals surface area contributed by atoms with Crippen molar-refractivity contribution in [3.63, 3.8) is 0 Å². The molecule has 0 atom stereocenters. The predicted octanol–water partition coefficient (Wildman–Crippen LogP) is 17.3. The predicted molar refractivity (Wildman–Crippen MR) is 325 cm³/mol. The zero-order valence-electron chi connectivity index (χ0n) is 34.5. The first-order valence-electron chi connectivity index (χ1n) is 19.2. The van der Waals surface area contributed by atoms with Gasteiger partial charge in [-0.15, -0.1) is 94.1 Å². The van der Waals surface area contributed by atoms with Crippen molar-refractivity contribution in [3.05, 3.63) is 152 Å². The fraction of sp³-hybridized carbons (Fsp3) is 0.149. The molecule has 0 amide bonds. The van der Waals surface area contributed by atoms with Gasteiger partial charge in [0.15, 0.2) is 0 Å². The summed E-state index contributed by atoms with van der Waals surface area (Å²) in [5, 5.41) is 17.2. The maximum absolute atomic E-state index is 2.35. The monoisotopic (exact) mass is 1110 g/mol. The van der Waals surface area contributed by atoms with Crippen LogP contribution in [0.5, 0.6) is 0 Å². The van der Waals surface area contributed by atoms with Crippen molar-refractivity contribution in [2.75, 3.05) is 42.6 Å². The summed E-state index contributed by atoms with van der Waals surface area (Å²) in [7, 11) is 0. The number of hydrogen-bond acceptors (Lipinski definition) is 16. The minimum Gasteiger partial charge on any atom is -0.121 e. The van der Waals surface area contributed by atoms with Crippen LogP contribution in [0.1, 0.15) is 0 Å². The smallest absolute Gasteiger partial charge is 0.0668 e. The summed E-state index contributed by atoms with van der Waals surface area (Å²) in [6.07, 6.45) is 13.3. The molecule has 6 aromatic rings. The van der Waals surface area contributed by atoms with Crippen LogP contribution in [0.25, 0.3) is 60.0 Å². The normalized spacial score (nSPS) is 17.4. The number of thioether (sulfide) groups is 16. The standard InChI is InChI=1S/C47H36S16/c1-48-40-41(49-2)57-36(56-40)32-24-15-7-11-19-28(24)34(29-20-12-8-16-25(29)32)38-60-44(52-5)46(62-38)54-23-55-47-45(53-6)61-39(63-47)35-30-21-13-9-17-26(30)33(27-18-10-14-22-31(27)35)37-58-42(50-3)43(51-4)59-37/h7-22H,23H2,1-6H3. The third kappa shape index (κ3) is 9.07. The molecule has 4 heterocycles. The molecule has 4 aliphatic rings. The van der Waals surface area contributed by atoms with Crippen LogP contribution in [-0.4, -0.2) is 42.6 Å². The van der Waals surface area contributed by atoms with Gasteiger partial charge in [-0.25, -0.2) is 0 Å². The highest BCUT2D eigenvalue weighted by molar-refractivity contribution is 8.49. The van der Waals surface area contributed by atoms with Gasteiger partial charge in [-0.05, 0) is 80.6 Å². The second kappa shape index (κ2) is 21.2. The van der Waals surface area contributed by atoms with E-state index < -0.39 is 0 Å².